The molecule has 1 atom stereocenters. The molecule has 34 heavy (non-hydrogen) atoms. The van der Waals surface area contributed by atoms with Crippen LogP contribution >= 0.6 is 0 Å². The van der Waals surface area contributed by atoms with Crippen molar-refractivity contribution < 1.29 is 18.7 Å². The first-order valence-electron chi connectivity index (χ1n) is 10.9. The fourth-order valence-electron chi connectivity index (χ4n) is 4.36. The minimum atomic E-state index is -0.785. The van der Waals surface area contributed by atoms with Crippen LogP contribution in [0.5, 0.6) is 11.5 Å². The zero-order chi connectivity index (χ0) is 23.8. The molecule has 3 aromatic rings. The molecule has 3 N–H and O–H groups in total. The van der Waals surface area contributed by atoms with Gasteiger partial charge in [-0.1, -0.05) is 18.2 Å². The highest BCUT2D eigenvalue weighted by molar-refractivity contribution is 6.00. The molecule has 0 radical (unpaired) electrons. The number of likely N-dealkylation sites (N-methyl/N-ethyl adjacent to an activating group) is 1. The number of nitrogens with one attached hydrogen (secondary N) is 1. The van der Waals surface area contributed by atoms with E-state index < -0.39 is 11.9 Å². The summed E-state index contributed by atoms with van der Waals surface area (Å²) in [5.74, 6) is -1.07. The molecular weight excluding hydrogens is 435 g/mol. The lowest BCUT2D eigenvalue weighted by molar-refractivity contribution is -0.127. The van der Waals surface area contributed by atoms with Gasteiger partial charge in [0.1, 0.15) is 11.5 Å². The van der Waals surface area contributed by atoms with Crippen LogP contribution in [-0.2, 0) is 9.53 Å². The second-order valence-corrected chi connectivity index (χ2v) is 8.22. The Hall–Kier alpha value is -4.04. The van der Waals surface area contributed by atoms with E-state index in [2.05, 4.69) is 4.98 Å². The molecule has 8 heteroatoms. The van der Waals surface area contributed by atoms with Crippen molar-refractivity contribution in [2.24, 2.45) is 5.73 Å². The third kappa shape index (κ3) is 3.82. The molecule has 172 valence electrons. The summed E-state index contributed by atoms with van der Waals surface area (Å²) in [6.07, 6.45) is 4.19. The third-order valence-corrected chi connectivity index (χ3v) is 6.20. The molecule has 1 amide bonds. The predicted octanol–water partition coefficient (Wildman–Crippen LogP) is 4.28. The van der Waals surface area contributed by atoms with E-state index in [0.717, 1.165) is 22.5 Å². The Bertz CT molecular complexity index is 1340. The van der Waals surface area contributed by atoms with Crippen LogP contribution in [-0.4, -0.2) is 42.0 Å². The molecule has 0 spiro atoms. The van der Waals surface area contributed by atoms with E-state index in [0.29, 0.717) is 47.0 Å². The summed E-state index contributed by atoms with van der Waals surface area (Å²) in [4.78, 5) is 18.4. The highest BCUT2D eigenvalue weighted by Gasteiger charge is 2.36. The standard InChI is InChI=1S/C26H23FN4O3/c1-31(26(28)29)25(32)23-19-13-16(15-8-11-33-12-9-15)4-6-21(19)34-22-7-5-17(14-20(22)23)18-3-2-10-30-24(18)27/h2-8,10,13-14,23H,9,11-12H2,1H3,(H3,28,29)/t23-/m0/s1. The number of ether oxygens (including phenoxy) is 2. The average Bonchev–Trinajstić information content (AvgIpc) is 2.86. The minimum Gasteiger partial charge on any atom is -0.457 e. The topological polar surface area (TPSA) is 102 Å². The van der Waals surface area contributed by atoms with Crippen molar-refractivity contribution in [2.75, 3.05) is 20.3 Å². The molecule has 0 saturated carbocycles. The van der Waals surface area contributed by atoms with Gasteiger partial charge in [0.15, 0.2) is 5.96 Å². The van der Waals surface area contributed by atoms with Crippen LogP contribution in [0.2, 0.25) is 0 Å². The summed E-state index contributed by atoms with van der Waals surface area (Å²) in [5, 5.41) is 7.80. The van der Waals surface area contributed by atoms with Gasteiger partial charge in [-0.25, -0.2) is 4.98 Å². The SMILES string of the molecule is CN(C(=N)N)C(=O)[C@H]1c2cc(C3=CCOCC3)ccc2Oc2ccc(-c3cccnc3F)cc21. The van der Waals surface area contributed by atoms with Crippen molar-refractivity contribution in [1.29, 1.82) is 5.41 Å². The summed E-state index contributed by atoms with van der Waals surface area (Å²) in [6.45, 7) is 1.18. The summed E-state index contributed by atoms with van der Waals surface area (Å²) in [5.41, 5.74) is 9.90. The van der Waals surface area contributed by atoms with E-state index in [-0.39, 0.29) is 11.9 Å². The van der Waals surface area contributed by atoms with E-state index in [1.165, 1.54) is 13.2 Å². The predicted molar refractivity (Wildman–Crippen MR) is 126 cm³/mol. The monoisotopic (exact) mass is 458 g/mol. The van der Waals surface area contributed by atoms with Crippen molar-refractivity contribution in [1.82, 2.24) is 9.88 Å². The minimum absolute atomic E-state index is 0.323. The third-order valence-electron chi connectivity index (χ3n) is 6.20. The number of hydrogen-bond donors (Lipinski definition) is 2. The van der Waals surface area contributed by atoms with Crippen LogP contribution in [0, 0.1) is 11.4 Å². The van der Waals surface area contributed by atoms with Crippen molar-refractivity contribution in [3.63, 3.8) is 0 Å². The molecule has 1 aromatic heterocycles. The summed E-state index contributed by atoms with van der Waals surface area (Å²) in [6, 6.07) is 14.3. The van der Waals surface area contributed by atoms with E-state index in [4.69, 9.17) is 20.6 Å². The van der Waals surface area contributed by atoms with Gasteiger partial charge in [-0.05, 0) is 59.5 Å². The van der Waals surface area contributed by atoms with Crippen LogP contribution in [0.1, 0.15) is 29.0 Å². The van der Waals surface area contributed by atoms with Gasteiger partial charge in [-0.2, -0.15) is 4.39 Å². The molecule has 5 rings (SSSR count). The number of halogens is 1. The molecule has 0 fully saturated rings. The van der Waals surface area contributed by atoms with Crippen molar-refractivity contribution in [3.8, 4) is 22.6 Å². The first-order valence-corrected chi connectivity index (χ1v) is 10.9. The van der Waals surface area contributed by atoms with Crippen LogP contribution in [0.15, 0.2) is 60.8 Å². The van der Waals surface area contributed by atoms with Gasteiger partial charge in [-0.15, -0.1) is 0 Å². The van der Waals surface area contributed by atoms with Gasteiger partial charge >= 0.3 is 0 Å². The molecule has 2 aromatic carbocycles. The number of nitrogens with two attached hydrogens (primary N) is 1. The number of nitrogens with zero attached hydrogens (tertiary/aromatic N) is 2. The van der Waals surface area contributed by atoms with Crippen LogP contribution in [0.3, 0.4) is 0 Å². The number of benzene rings is 2. The molecule has 0 aliphatic carbocycles. The Labute approximate surface area is 196 Å². The second kappa shape index (κ2) is 8.72. The van der Waals surface area contributed by atoms with Crippen LogP contribution in [0.4, 0.5) is 4.39 Å². The highest BCUT2D eigenvalue weighted by Crippen LogP contribution is 2.47. The van der Waals surface area contributed by atoms with Crippen molar-refractivity contribution in [3.05, 3.63) is 83.4 Å². The smallest absolute Gasteiger partial charge is 0.241 e. The maximum Gasteiger partial charge on any atom is 0.241 e. The lowest BCUT2D eigenvalue weighted by atomic mass is 9.83. The lowest BCUT2D eigenvalue weighted by Crippen LogP contribution is -2.41. The number of hydrogen-bond acceptors (Lipinski definition) is 5. The van der Waals surface area contributed by atoms with Gasteiger partial charge in [0.25, 0.3) is 0 Å². The number of amides is 1. The van der Waals surface area contributed by atoms with E-state index in [1.54, 1.807) is 30.3 Å². The Morgan fingerprint density at radius 3 is 2.50 bits per heavy atom. The van der Waals surface area contributed by atoms with Crippen LogP contribution < -0.4 is 10.5 Å². The van der Waals surface area contributed by atoms with Gasteiger partial charge in [0.05, 0.1) is 19.1 Å². The Kier molecular flexibility index (Phi) is 5.59. The number of carbonyl (C=O) groups is 1. The molecule has 0 bridgehead atoms. The molecule has 7 nitrogen and oxygen atoms in total. The number of aromatic nitrogens is 1. The van der Waals surface area contributed by atoms with Gasteiger partial charge in [0, 0.05) is 29.9 Å². The second-order valence-electron chi connectivity index (χ2n) is 8.22. The van der Waals surface area contributed by atoms with Gasteiger partial charge in [-0.3, -0.25) is 15.1 Å². The Morgan fingerprint density at radius 2 is 1.85 bits per heavy atom. The Morgan fingerprint density at radius 1 is 1.15 bits per heavy atom. The van der Waals surface area contributed by atoms with Crippen molar-refractivity contribution >= 4 is 17.4 Å². The van der Waals surface area contributed by atoms with E-state index in [9.17, 15) is 9.18 Å². The number of guanidine groups is 1. The number of fused-ring (bicyclic) bond motifs is 2. The zero-order valence-electron chi connectivity index (χ0n) is 18.5. The molecule has 0 saturated heterocycles. The summed E-state index contributed by atoms with van der Waals surface area (Å²) >= 11 is 0. The summed E-state index contributed by atoms with van der Waals surface area (Å²) < 4.78 is 26.0. The molecule has 3 heterocycles. The maximum absolute atomic E-state index is 14.4. The first-order chi connectivity index (χ1) is 16.4. The maximum atomic E-state index is 14.4. The molecule has 0 unspecified atom stereocenters. The molecule has 2 aliphatic rings. The number of pyridine rings is 1. The average molecular weight is 458 g/mol. The van der Waals surface area contributed by atoms with E-state index in [1.807, 2.05) is 24.3 Å². The highest BCUT2D eigenvalue weighted by atomic mass is 19.1. The first kappa shape index (κ1) is 21.8. The fraction of sp³-hybridized carbons (Fsp3) is 0.192. The quantitative estimate of drug-likeness (QED) is 0.347. The number of carbonyl (C=O) groups excluding carboxylic acids is 1. The van der Waals surface area contributed by atoms with Crippen molar-refractivity contribution in [2.45, 2.75) is 12.3 Å². The van der Waals surface area contributed by atoms with Crippen LogP contribution in [0.25, 0.3) is 16.7 Å². The molecule has 2 aliphatic heterocycles. The summed E-state index contributed by atoms with van der Waals surface area (Å²) in [7, 11) is 1.47. The van der Waals surface area contributed by atoms with Gasteiger partial charge < -0.3 is 15.2 Å². The largest absolute Gasteiger partial charge is 0.457 e. The fourth-order valence-corrected chi connectivity index (χ4v) is 4.36. The Balaban J connectivity index is 1.67. The zero-order valence-corrected chi connectivity index (χ0v) is 18.5. The lowest BCUT2D eigenvalue weighted by Gasteiger charge is -2.31. The normalized spacial score (nSPS) is 16.5. The molecular formula is C26H23FN4O3. The van der Waals surface area contributed by atoms with E-state index >= 15 is 0 Å². The number of rotatable bonds is 3. The van der Waals surface area contributed by atoms with Gasteiger partial charge in [0.2, 0.25) is 11.9 Å².